The number of nitrogens with zero attached hydrogens (tertiary/aromatic N) is 1. The molecule has 0 saturated carbocycles. The van der Waals surface area contributed by atoms with Crippen molar-refractivity contribution in [2.45, 2.75) is 6.92 Å². The molecule has 0 aliphatic heterocycles. The highest BCUT2D eigenvalue weighted by Crippen LogP contribution is 2.26. The monoisotopic (exact) mass is 365 g/mol. The Kier molecular flexibility index (Phi) is 5.15. The van der Waals surface area contributed by atoms with Gasteiger partial charge in [-0.3, -0.25) is 9.59 Å². The number of aromatic nitrogens is 1. The molecule has 2 heterocycles. The molecule has 3 aromatic rings. The van der Waals surface area contributed by atoms with Crippen LogP contribution in [0.25, 0.3) is 10.8 Å². The Balaban J connectivity index is 1.83. The van der Waals surface area contributed by atoms with E-state index in [0.717, 1.165) is 4.88 Å². The van der Waals surface area contributed by atoms with Gasteiger partial charge < -0.3 is 15.1 Å². The third-order valence-electron chi connectivity index (χ3n) is 3.51. The van der Waals surface area contributed by atoms with Crippen molar-refractivity contribution < 1.29 is 14.0 Å². The zero-order valence-electron chi connectivity index (χ0n) is 13.9. The summed E-state index contributed by atoms with van der Waals surface area (Å²) in [5.41, 5.74) is 0.857. The second-order valence-corrected chi connectivity index (χ2v) is 6.24. The molecule has 0 aliphatic rings. The lowest BCUT2D eigenvalue weighted by atomic mass is 10.1. The number of carbonyl (C=O) groups is 2. The van der Waals surface area contributed by atoms with Crippen LogP contribution in [0, 0.1) is 19.3 Å². The Morgan fingerprint density at radius 3 is 2.77 bits per heavy atom. The summed E-state index contributed by atoms with van der Waals surface area (Å²) in [6.07, 6.45) is 5.16. The maximum atomic E-state index is 12.6. The second-order valence-electron chi connectivity index (χ2n) is 5.29. The zero-order valence-corrected chi connectivity index (χ0v) is 14.7. The quantitative estimate of drug-likeness (QED) is 0.679. The number of hydrogen-bond acceptors (Lipinski definition) is 5. The van der Waals surface area contributed by atoms with Gasteiger partial charge in [0.15, 0.2) is 5.69 Å². The Labute approximate surface area is 154 Å². The van der Waals surface area contributed by atoms with Crippen molar-refractivity contribution in [3.63, 3.8) is 0 Å². The third kappa shape index (κ3) is 3.66. The van der Waals surface area contributed by atoms with E-state index in [2.05, 4.69) is 21.5 Å². The van der Waals surface area contributed by atoms with Crippen LogP contribution in [0.3, 0.4) is 0 Å². The van der Waals surface area contributed by atoms with E-state index in [1.54, 1.807) is 31.2 Å². The fourth-order valence-electron chi connectivity index (χ4n) is 2.31. The predicted octanol–water partition coefficient (Wildman–Crippen LogP) is 3.33. The summed E-state index contributed by atoms with van der Waals surface area (Å²) in [6.45, 7) is 1.78. The van der Waals surface area contributed by atoms with Gasteiger partial charge in [-0.2, -0.15) is 0 Å². The summed E-state index contributed by atoms with van der Waals surface area (Å²) < 4.78 is 5.59. The highest BCUT2D eigenvalue weighted by atomic mass is 32.1. The molecule has 0 saturated heterocycles. The molecule has 130 valence electrons. The molecule has 2 aromatic heterocycles. The van der Waals surface area contributed by atoms with Gasteiger partial charge in [0.1, 0.15) is 5.76 Å². The number of amides is 2. The van der Waals surface area contributed by atoms with Crippen LogP contribution in [0.2, 0.25) is 0 Å². The highest BCUT2D eigenvalue weighted by Gasteiger charge is 2.20. The molecule has 0 radical (unpaired) electrons. The zero-order chi connectivity index (χ0) is 18.5. The molecule has 7 heteroatoms. The second kappa shape index (κ2) is 7.68. The minimum absolute atomic E-state index is 0.105. The van der Waals surface area contributed by atoms with Gasteiger partial charge in [-0.1, -0.05) is 24.1 Å². The Morgan fingerprint density at radius 2 is 2.04 bits per heavy atom. The first-order valence-electron chi connectivity index (χ1n) is 7.73. The lowest BCUT2D eigenvalue weighted by Crippen LogP contribution is -2.25. The number of thiophene rings is 1. The van der Waals surface area contributed by atoms with Crippen molar-refractivity contribution in [3.05, 3.63) is 58.8 Å². The Morgan fingerprint density at radius 1 is 1.23 bits per heavy atom. The molecule has 0 atom stereocenters. The number of para-hydroxylation sites is 1. The van der Waals surface area contributed by atoms with Gasteiger partial charge in [-0.15, -0.1) is 17.8 Å². The summed E-state index contributed by atoms with van der Waals surface area (Å²) >= 11 is 1.47. The van der Waals surface area contributed by atoms with Gasteiger partial charge in [-0.05, 0) is 30.5 Å². The van der Waals surface area contributed by atoms with Gasteiger partial charge >= 0.3 is 0 Å². The molecule has 0 fully saturated rings. The lowest BCUT2D eigenvalue weighted by Gasteiger charge is -2.09. The lowest BCUT2D eigenvalue weighted by molar-refractivity contribution is 0.0959. The van der Waals surface area contributed by atoms with Crippen LogP contribution in [-0.4, -0.2) is 23.3 Å². The van der Waals surface area contributed by atoms with Gasteiger partial charge in [0.2, 0.25) is 5.89 Å². The molecule has 2 N–H and O–H groups in total. The van der Waals surface area contributed by atoms with Crippen LogP contribution in [0.5, 0.6) is 0 Å². The van der Waals surface area contributed by atoms with Crippen molar-refractivity contribution in [1.82, 2.24) is 10.3 Å². The number of hydrogen-bond donors (Lipinski definition) is 2. The fourth-order valence-corrected chi connectivity index (χ4v) is 2.96. The SMILES string of the molecule is C#CCNC(=O)c1ccccc1NC(=O)c1nc(-c2cccs2)oc1C. The van der Waals surface area contributed by atoms with E-state index >= 15 is 0 Å². The number of anilines is 1. The van der Waals surface area contributed by atoms with E-state index in [4.69, 9.17) is 10.8 Å². The standard InChI is InChI=1S/C19H15N3O3S/c1-3-10-20-17(23)13-7-4-5-8-14(13)21-18(24)16-12(2)25-19(22-16)15-9-6-11-26-15/h1,4-9,11H,10H2,2H3,(H,20,23)(H,21,24). The molecule has 6 nitrogen and oxygen atoms in total. The highest BCUT2D eigenvalue weighted by molar-refractivity contribution is 7.13. The molecule has 0 aliphatic carbocycles. The van der Waals surface area contributed by atoms with Gasteiger partial charge in [0, 0.05) is 0 Å². The first kappa shape index (κ1) is 17.5. The van der Waals surface area contributed by atoms with Crippen LogP contribution in [0.15, 0.2) is 46.2 Å². The first-order chi connectivity index (χ1) is 12.6. The molecule has 26 heavy (non-hydrogen) atoms. The van der Waals surface area contributed by atoms with Crippen molar-refractivity contribution in [2.75, 3.05) is 11.9 Å². The largest absolute Gasteiger partial charge is 0.440 e. The third-order valence-corrected chi connectivity index (χ3v) is 4.37. The van der Waals surface area contributed by atoms with Crippen LogP contribution >= 0.6 is 11.3 Å². The summed E-state index contributed by atoms with van der Waals surface area (Å²) in [4.78, 5) is 29.9. The summed E-state index contributed by atoms with van der Waals surface area (Å²) in [5, 5.41) is 7.19. The number of benzene rings is 1. The minimum atomic E-state index is -0.453. The number of oxazole rings is 1. The number of aryl methyl sites for hydroxylation is 1. The maximum Gasteiger partial charge on any atom is 0.277 e. The fraction of sp³-hybridized carbons (Fsp3) is 0.105. The molecular weight excluding hydrogens is 350 g/mol. The van der Waals surface area contributed by atoms with E-state index in [1.807, 2.05) is 17.5 Å². The van der Waals surface area contributed by atoms with Crippen LogP contribution < -0.4 is 10.6 Å². The Hall–Kier alpha value is -3.37. The summed E-state index contributed by atoms with van der Waals surface area (Å²) in [7, 11) is 0. The number of carbonyl (C=O) groups excluding carboxylic acids is 2. The summed E-state index contributed by atoms with van der Waals surface area (Å²) in [5.74, 6) is 2.31. The van der Waals surface area contributed by atoms with E-state index in [9.17, 15) is 9.59 Å². The average Bonchev–Trinajstić information content (AvgIpc) is 3.29. The van der Waals surface area contributed by atoms with E-state index in [0.29, 0.717) is 22.9 Å². The molecule has 3 rings (SSSR count). The van der Waals surface area contributed by atoms with Crippen molar-refractivity contribution in [2.24, 2.45) is 0 Å². The van der Waals surface area contributed by atoms with Crippen molar-refractivity contribution in [1.29, 1.82) is 0 Å². The first-order valence-corrected chi connectivity index (χ1v) is 8.61. The van der Waals surface area contributed by atoms with Gasteiger partial charge in [-0.25, -0.2) is 4.98 Å². The van der Waals surface area contributed by atoms with Crippen molar-refractivity contribution >= 4 is 28.8 Å². The van der Waals surface area contributed by atoms with E-state index in [-0.39, 0.29) is 18.1 Å². The molecule has 0 bridgehead atoms. The topological polar surface area (TPSA) is 84.2 Å². The number of rotatable bonds is 5. The number of terminal acetylenes is 1. The van der Waals surface area contributed by atoms with Crippen molar-refractivity contribution in [3.8, 4) is 23.1 Å². The van der Waals surface area contributed by atoms with E-state index in [1.165, 1.54) is 11.3 Å². The average molecular weight is 365 g/mol. The molecule has 1 aromatic carbocycles. The van der Waals surface area contributed by atoms with Gasteiger partial charge in [0.05, 0.1) is 22.7 Å². The molecule has 2 amide bonds. The summed E-state index contributed by atoms with van der Waals surface area (Å²) in [6, 6.07) is 10.4. The minimum Gasteiger partial charge on any atom is -0.440 e. The molecule has 0 unspecified atom stereocenters. The Bertz CT molecular complexity index is 984. The predicted molar refractivity (Wildman–Crippen MR) is 100 cm³/mol. The maximum absolute atomic E-state index is 12.6. The number of nitrogens with one attached hydrogen (secondary N) is 2. The normalized spacial score (nSPS) is 10.2. The van der Waals surface area contributed by atoms with Crippen LogP contribution in [0.1, 0.15) is 26.6 Å². The molecule has 0 spiro atoms. The smallest absolute Gasteiger partial charge is 0.277 e. The molecular formula is C19H15N3O3S. The van der Waals surface area contributed by atoms with Crippen LogP contribution in [-0.2, 0) is 0 Å². The van der Waals surface area contributed by atoms with E-state index < -0.39 is 5.91 Å². The van der Waals surface area contributed by atoms with Gasteiger partial charge in [0.25, 0.3) is 11.8 Å². The van der Waals surface area contributed by atoms with Crippen LogP contribution in [0.4, 0.5) is 5.69 Å².